The van der Waals surface area contributed by atoms with E-state index in [4.69, 9.17) is 22.1 Å². The van der Waals surface area contributed by atoms with Crippen molar-refractivity contribution in [1.82, 2.24) is 24.3 Å². The lowest BCUT2D eigenvalue weighted by atomic mass is 10.0. The summed E-state index contributed by atoms with van der Waals surface area (Å²) in [4.78, 5) is 21.0. The van der Waals surface area contributed by atoms with Gasteiger partial charge in [-0.1, -0.05) is 17.7 Å². The predicted octanol–water partition coefficient (Wildman–Crippen LogP) is 4.19. The zero-order valence-electron chi connectivity index (χ0n) is 19.5. The van der Waals surface area contributed by atoms with Crippen molar-refractivity contribution in [2.45, 2.75) is 25.1 Å². The van der Waals surface area contributed by atoms with Crippen LogP contribution in [-0.2, 0) is 11.8 Å². The lowest BCUT2D eigenvalue weighted by Gasteiger charge is -2.20. The number of anilines is 1. The van der Waals surface area contributed by atoms with Crippen LogP contribution in [-0.4, -0.2) is 43.7 Å². The molecule has 4 heterocycles. The van der Waals surface area contributed by atoms with E-state index in [0.717, 1.165) is 18.6 Å². The van der Waals surface area contributed by atoms with Crippen LogP contribution in [0.15, 0.2) is 66.0 Å². The summed E-state index contributed by atoms with van der Waals surface area (Å²) in [6, 6.07) is 8.78. The Hall–Kier alpha value is -3.63. The van der Waals surface area contributed by atoms with E-state index in [2.05, 4.69) is 15.1 Å². The lowest BCUT2D eigenvalue weighted by molar-refractivity contribution is 0.0366. The summed E-state index contributed by atoms with van der Waals surface area (Å²) < 4.78 is 34.1. The first-order valence-electron chi connectivity index (χ1n) is 11.3. The van der Waals surface area contributed by atoms with Crippen LogP contribution in [0.5, 0.6) is 0 Å². The molecule has 2 N–H and O–H groups in total. The van der Waals surface area contributed by atoms with E-state index < -0.39 is 18.0 Å². The number of nitrogens with two attached hydrogens (primary N) is 1. The highest BCUT2D eigenvalue weighted by Crippen LogP contribution is 2.28. The molecular weight excluding hydrogens is 490 g/mol. The number of aryl methyl sites for hydroxylation is 1. The van der Waals surface area contributed by atoms with Gasteiger partial charge in [0.2, 0.25) is 5.95 Å². The molecule has 2 atom stereocenters. The fraction of sp³-hybridized carbons (Fsp3) is 0.280. The van der Waals surface area contributed by atoms with Gasteiger partial charge in [-0.05, 0) is 42.7 Å². The molecule has 3 aromatic heterocycles. The van der Waals surface area contributed by atoms with Crippen LogP contribution in [0.2, 0.25) is 5.02 Å². The molecule has 1 saturated heterocycles. The smallest absolute Gasteiger partial charge is 0.252 e. The number of ether oxygens (including phenoxy) is 1. The molecule has 0 amide bonds. The number of nitrogens with zero attached hydrogens (tertiary/aromatic N) is 5. The zero-order chi connectivity index (χ0) is 25.7. The molecule has 36 heavy (non-hydrogen) atoms. The van der Waals surface area contributed by atoms with Gasteiger partial charge < -0.3 is 15.0 Å². The second kappa shape index (κ2) is 11.4. The van der Waals surface area contributed by atoms with E-state index in [1.54, 1.807) is 48.5 Å². The number of halogens is 3. The summed E-state index contributed by atoms with van der Waals surface area (Å²) in [5.41, 5.74) is 7.79. The number of hydrogen-bond donors (Lipinski definition) is 1. The lowest BCUT2D eigenvalue weighted by Crippen LogP contribution is -2.25. The van der Waals surface area contributed by atoms with Crippen LogP contribution in [0.1, 0.15) is 30.0 Å². The van der Waals surface area contributed by atoms with Gasteiger partial charge in [-0.3, -0.25) is 9.48 Å². The fourth-order valence-electron chi connectivity index (χ4n) is 3.88. The molecular formula is C25H25ClF2N6O2. The van der Waals surface area contributed by atoms with E-state index in [1.807, 2.05) is 0 Å². The normalized spacial score (nSPS) is 16.2. The number of nitrogen functional groups attached to an aromatic ring is 1. The van der Waals surface area contributed by atoms with Crippen LogP contribution in [0.4, 0.5) is 14.7 Å². The van der Waals surface area contributed by atoms with Gasteiger partial charge in [0.1, 0.15) is 12.0 Å². The first kappa shape index (κ1) is 25.5. The molecule has 8 nitrogen and oxygen atoms in total. The predicted molar refractivity (Wildman–Crippen MR) is 133 cm³/mol. The van der Waals surface area contributed by atoms with E-state index in [0.29, 0.717) is 29.8 Å². The number of pyridine rings is 1. The number of alkyl halides is 1. The second-order valence-corrected chi connectivity index (χ2v) is 8.71. The number of rotatable bonds is 4. The highest BCUT2D eigenvalue weighted by Gasteiger charge is 2.21. The number of hydrogen-bond acceptors (Lipinski definition) is 6. The van der Waals surface area contributed by atoms with Crippen molar-refractivity contribution in [3.8, 4) is 11.3 Å². The van der Waals surface area contributed by atoms with Crippen molar-refractivity contribution in [3.63, 3.8) is 0 Å². The SMILES string of the molecule is Cn1cc(C(c2ccc(Cl)c(F)c2)n2ccc(-c3ccnc(N)n3)cc2=O)cn1.FC1CCCOC1. The molecule has 0 radical (unpaired) electrons. The molecule has 1 aromatic carbocycles. The minimum atomic E-state index is -0.686. The molecule has 2 unspecified atom stereocenters. The second-order valence-electron chi connectivity index (χ2n) is 8.30. The van der Waals surface area contributed by atoms with Crippen molar-refractivity contribution in [2.75, 3.05) is 18.9 Å². The van der Waals surface area contributed by atoms with Gasteiger partial charge in [0.25, 0.3) is 5.56 Å². The molecule has 0 aliphatic carbocycles. The van der Waals surface area contributed by atoms with Gasteiger partial charge in [0, 0.05) is 49.4 Å². The Morgan fingerprint density at radius 1 is 1.22 bits per heavy atom. The maximum absolute atomic E-state index is 14.1. The third kappa shape index (κ3) is 6.13. The quantitative estimate of drug-likeness (QED) is 0.438. The van der Waals surface area contributed by atoms with Crippen LogP contribution < -0.4 is 11.3 Å². The Bertz CT molecular complexity index is 1390. The van der Waals surface area contributed by atoms with Gasteiger partial charge in [0.05, 0.1) is 29.6 Å². The molecule has 188 valence electrons. The van der Waals surface area contributed by atoms with Crippen LogP contribution >= 0.6 is 11.6 Å². The van der Waals surface area contributed by atoms with Crippen LogP contribution in [0, 0.1) is 5.82 Å². The monoisotopic (exact) mass is 514 g/mol. The van der Waals surface area contributed by atoms with Gasteiger partial charge in [-0.15, -0.1) is 0 Å². The van der Waals surface area contributed by atoms with Gasteiger partial charge in [-0.25, -0.2) is 18.7 Å². The topological polar surface area (TPSA) is 101 Å². The maximum Gasteiger partial charge on any atom is 0.252 e. The molecule has 11 heteroatoms. The largest absolute Gasteiger partial charge is 0.378 e. The highest BCUT2D eigenvalue weighted by atomic mass is 35.5. The van der Waals surface area contributed by atoms with E-state index in [1.165, 1.54) is 29.0 Å². The van der Waals surface area contributed by atoms with E-state index >= 15 is 0 Å². The summed E-state index contributed by atoms with van der Waals surface area (Å²) in [5, 5.41) is 4.20. The van der Waals surface area contributed by atoms with Crippen LogP contribution in [0.3, 0.4) is 0 Å². The third-order valence-corrected chi connectivity index (χ3v) is 5.91. The zero-order valence-corrected chi connectivity index (χ0v) is 20.3. The van der Waals surface area contributed by atoms with E-state index in [9.17, 15) is 13.6 Å². The first-order valence-corrected chi connectivity index (χ1v) is 11.7. The standard InChI is InChI=1S/C20H16ClFN6O.C5H9FO/c1-27-11-14(10-25-27)19(13-2-3-15(21)16(22)8-13)28-7-5-12(9-18(28)29)17-4-6-24-20(23)26-17;6-5-2-1-3-7-4-5/h2-11,19H,1H3,(H2,23,24,26);5H,1-4H2. The third-order valence-electron chi connectivity index (χ3n) is 5.60. The minimum absolute atomic E-state index is 0.0164. The van der Waals surface area contributed by atoms with Crippen LogP contribution in [0.25, 0.3) is 11.3 Å². The summed E-state index contributed by atoms with van der Waals surface area (Å²) in [5.74, 6) is -0.434. The Kier molecular flexibility index (Phi) is 8.07. The van der Waals surface area contributed by atoms with Gasteiger partial charge in [-0.2, -0.15) is 5.10 Å². The number of aromatic nitrogens is 5. The van der Waals surface area contributed by atoms with Crippen molar-refractivity contribution < 1.29 is 13.5 Å². The summed E-state index contributed by atoms with van der Waals surface area (Å²) in [7, 11) is 1.77. The van der Waals surface area contributed by atoms with Crippen molar-refractivity contribution in [3.05, 3.63) is 93.5 Å². The molecule has 0 saturated carbocycles. The summed E-state index contributed by atoms with van der Waals surface area (Å²) >= 11 is 5.83. The molecule has 0 spiro atoms. The average Bonchev–Trinajstić information content (AvgIpc) is 3.29. The summed E-state index contributed by atoms with van der Waals surface area (Å²) in [6.07, 6.45) is 7.49. The molecule has 1 fully saturated rings. The molecule has 1 aliphatic rings. The molecule has 0 bridgehead atoms. The fourth-order valence-corrected chi connectivity index (χ4v) is 3.99. The average molecular weight is 515 g/mol. The number of benzene rings is 1. The minimum Gasteiger partial charge on any atom is -0.378 e. The van der Waals surface area contributed by atoms with Gasteiger partial charge in [0.15, 0.2) is 0 Å². The Morgan fingerprint density at radius 3 is 2.64 bits per heavy atom. The van der Waals surface area contributed by atoms with Crippen molar-refractivity contribution in [2.24, 2.45) is 7.05 Å². The van der Waals surface area contributed by atoms with Gasteiger partial charge >= 0.3 is 0 Å². The molecule has 4 aromatic rings. The highest BCUT2D eigenvalue weighted by molar-refractivity contribution is 6.30. The van der Waals surface area contributed by atoms with E-state index in [-0.39, 0.29) is 16.5 Å². The first-order chi connectivity index (χ1) is 17.3. The molecule has 1 aliphatic heterocycles. The Morgan fingerprint density at radius 2 is 2.06 bits per heavy atom. The van der Waals surface area contributed by atoms with Crippen molar-refractivity contribution in [1.29, 1.82) is 0 Å². The Balaban J connectivity index is 0.000000375. The van der Waals surface area contributed by atoms with Crippen molar-refractivity contribution >= 4 is 17.5 Å². The maximum atomic E-state index is 14.1. The molecule has 5 rings (SSSR count). The Labute approximate surface area is 211 Å². The summed E-state index contributed by atoms with van der Waals surface area (Å²) in [6.45, 7) is 1.07.